The number of fused-ring (bicyclic) bond motifs is 1. The van der Waals surface area contributed by atoms with Gasteiger partial charge in [0.2, 0.25) is 0 Å². The van der Waals surface area contributed by atoms with Crippen molar-refractivity contribution in [3.05, 3.63) is 30.0 Å². The number of rotatable bonds is 4. The van der Waals surface area contributed by atoms with Crippen LogP contribution in [0.2, 0.25) is 0 Å². The van der Waals surface area contributed by atoms with Crippen LogP contribution in [0.1, 0.15) is 5.56 Å². The van der Waals surface area contributed by atoms with Crippen LogP contribution in [-0.2, 0) is 16.6 Å². The van der Waals surface area contributed by atoms with Gasteiger partial charge in [0, 0.05) is 18.2 Å². The Bertz CT molecular complexity index is 756. The van der Waals surface area contributed by atoms with Crippen molar-refractivity contribution in [1.29, 1.82) is 0 Å². The van der Waals surface area contributed by atoms with E-state index in [0.29, 0.717) is 36.0 Å². The molecule has 2 heterocycles. The number of sulfonamides is 1. The van der Waals surface area contributed by atoms with Gasteiger partial charge in [0.05, 0.1) is 11.9 Å². The molecule has 21 heavy (non-hydrogen) atoms. The van der Waals surface area contributed by atoms with Crippen molar-refractivity contribution < 1.29 is 17.9 Å². The van der Waals surface area contributed by atoms with E-state index >= 15 is 0 Å². The quantitative estimate of drug-likeness (QED) is 0.754. The van der Waals surface area contributed by atoms with Gasteiger partial charge in [-0.1, -0.05) is 0 Å². The van der Waals surface area contributed by atoms with Crippen LogP contribution in [0.5, 0.6) is 11.5 Å². The third kappa shape index (κ3) is 2.65. The summed E-state index contributed by atoms with van der Waals surface area (Å²) in [4.78, 5) is 0. The summed E-state index contributed by atoms with van der Waals surface area (Å²) < 4.78 is 37.9. The molecular weight excluding hydrogens is 296 g/mol. The Hall–Kier alpha value is -2.26. The molecule has 0 saturated heterocycles. The molecule has 1 aliphatic rings. The average Bonchev–Trinajstić information content (AvgIpc) is 2.96. The number of aromatic nitrogens is 2. The van der Waals surface area contributed by atoms with Crippen LogP contribution in [0.3, 0.4) is 0 Å². The number of hydrogen-bond donors (Lipinski definition) is 3. The Kier molecular flexibility index (Phi) is 3.43. The first-order valence-electron chi connectivity index (χ1n) is 6.25. The lowest BCUT2D eigenvalue weighted by molar-refractivity contribution is 0.171. The first-order chi connectivity index (χ1) is 10.1. The topological polar surface area (TPSA) is 119 Å². The highest BCUT2D eigenvalue weighted by Gasteiger charge is 2.21. The van der Waals surface area contributed by atoms with Crippen molar-refractivity contribution in [3.63, 3.8) is 0 Å². The summed E-state index contributed by atoms with van der Waals surface area (Å²) in [6.07, 6.45) is 1.39. The maximum atomic E-state index is 12.3. The third-order valence-corrected chi connectivity index (χ3v) is 4.36. The summed E-state index contributed by atoms with van der Waals surface area (Å²) in [5, 5.41) is 6.10. The predicted molar refractivity (Wildman–Crippen MR) is 74.7 cm³/mol. The van der Waals surface area contributed by atoms with Gasteiger partial charge in [-0.15, -0.1) is 0 Å². The molecule has 0 bridgehead atoms. The minimum absolute atomic E-state index is 0.0418. The van der Waals surface area contributed by atoms with Crippen LogP contribution in [-0.4, -0.2) is 31.8 Å². The maximum absolute atomic E-state index is 12.3. The lowest BCUT2D eigenvalue weighted by Crippen LogP contribution is -2.18. The van der Waals surface area contributed by atoms with E-state index in [4.69, 9.17) is 15.2 Å². The van der Waals surface area contributed by atoms with E-state index < -0.39 is 10.0 Å². The van der Waals surface area contributed by atoms with Crippen molar-refractivity contribution in [1.82, 2.24) is 10.2 Å². The van der Waals surface area contributed by atoms with Crippen LogP contribution >= 0.6 is 0 Å². The molecule has 3 rings (SSSR count). The van der Waals surface area contributed by atoms with Gasteiger partial charge >= 0.3 is 0 Å². The number of benzene rings is 1. The van der Waals surface area contributed by atoms with Gasteiger partial charge in [-0.05, 0) is 12.1 Å². The Balaban J connectivity index is 1.89. The number of anilines is 1. The monoisotopic (exact) mass is 310 g/mol. The van der Waals surface area contributed by atoms with Gasteiger partial charge in [0.1, 0.15) is 13.2 Å². The molecule has 8 nitrogen and oxygen atoms in total. The largest absolute Gasteiger partial charge is 0.486 e. The van der Waals surface area contributed by atoms with Crippen LogP contribution < -0.4 is 19.9 Å². The summed E-state index contributed by atoms with van der Waals surface area (Å²) in [6.45, 7) is 0.987. The van der Waals surface area contributed by atoms with Crippen molar-refractivity contribution >= 4 is 15.7 Å². The Morgan fingerprint density at radius 1 is 1.29 bits per heavy atom. The van der Waals surface area contributed by atoms with Crippen LogP contribution in [0.25, 0.3) is 0 Å². The zero-order chi connectivity index (χ0) is 14.9. The van der Waals surface area contributed by atoms with Gasteiger partial charge in [0.25, 0.3) is 10.0 Å². The Morgan fingerprint density at radius 2 is 2.05 bits per heavy atom. The molecule has 2 aromatic rings. The first kappa shape index (κ1) is 13.7. The van der Waals surface area contributed by atoms with Crippen molar-refractivity contribution in [2.75, 3.05) is 17.9 Å². The maximum Gasteiger partial charge on any atom is 0.279 e. The summed E-state index contributed by atoms with van der Waals surface area (Å²) in [5.41, 5.74) is 6.28. The van der Waals surface area contributed by atoms with E-state index in [1.807, 2.05) is 0 Å². The Labute approximate surface area is 121 Å². The number of hydrogen-bond acceptors (Lipinski definition) is 6. The second kappa shape index (κ2) is 5.26. The van der Waals surface area contributed by atoms with Gasteiger partial charge in [-0.3, -0.25) is 9.82 Å². The van der Waals surface area contributed by atoms with Gasteiger partial charge in [-0.2, -0.15) is 13.5 Å². The van der Waals surface area contributed by atoms with E-state index in [-0.39, 0.29) is 11.6 Å². The van der Waals surface area contributed by atoms with E-state index in [1.165, 1.54) is 6.20 Å². The number of H-pyrrole nitrogens is 1. The van der Waals surface area contributed by atoms with Crippen molar-refractivity contribution in [2.45, 2.75) is 11.6 Å². The minimum atomic E-state index is -3.78. The van der Waals surface area contributed by atoms with E-state index in [1.54, 1.807) is 18.2 Å². The normalized spacial score (nSPS) is 14.0. The van der Waals surface area contributed by atoms with Gasteiger partial charge < -0.3 is 15.2 Å². The fourth-order valence-corrected chi connectivity index (χ4v) is 3.18. The molecule has 1 aromatic carbocycles. The van der Waals surface area contributed by atoms with Crippen LogP contribution in [0, 0.1) is 0 Å². The number of aromatic amines is 1. The van der Waals surface area contributed by atoms with Crippen molar-refractivity contribution in [2.24, 2.45) is 5.73 Å². The molecule has 1 aromatic heterocycles. The molecule has 0 aliphatic carbocycles. The highest BCUT2D eigenvalue weighted by atomic mass is 32.2. The summed E-state index contributed by atoms with van der Waals surface area (Å²) >= 11 is 0. The van der Waals surface area contributed by atoms with E-state index in [0.717, 1.165) is 0 Å². The average molecular weight is 310 g/mol. The zero-order valence-electron chi connectivity index (χ0n) is 11.0. The standard InChI is InChI=1S/C12H14N4O4S/c13-6-8-7-14-15-12(8)21(17,18)16-9-1-2-10-11(5-9)20-4-3-19-10/h1-2,5,7,16H,3-4,6,13H2,(H,14,15). The zero-order valence-corrected chi connectivity index (χ0v) is 11.8. The van der Waals surface area contributed by atoms with E-state index in [9.17, 15) is 8.42 Å². The molecule has 0 fully saturated rings. The lowest BCUT2D eigenvalue weighted by Gasteiger charge is -2.19. The molecule has 0 amide bonds. The van der Waals surface area contributed by atoms with Crippen molar-refractivity contribution in [3.8, 4) is 11.5 Å². The van der Waals surface area contributed by atoms with Crippen LogP contribution in [0.4, 0.5) is 5.69 Å². The summed E-state index contributed by atoms with van der Waals surface area (Å²) in [7, 11) is -3.78. The molecule has 0 radical (unpaired) electrons. The van der Waals surface area contributed by atoms with Gasteiger partial charge in [0.15, 0.2) is 16.5 Å². The molecular formula is C12H14N4O4S. The molecule has 9 heteroatoms. The summed E-state index contributed by atoms with van der Waals surface area (Å²) in [5.74, 6) is 1.10. The molecule has 4 N–H and O–H groups in total. The number of nitrogens with zero attached hydrogens (tertiary/aromatic N) is 1. The second-order valence-corrected chi connectivity index (χ2v) is 6.01. The number of nitrogens with two attached hydrogens (primary N) is 1. The fourth-order valence-electron chi connectivity index (χ4n) is 1.99. The smallest absolute Gasteiger partial charge is 0.279 e. The Morgan fingerprint density at radius 3 is 2.81 bits per heavy atom. The molecule has 0 atom stereocenters. The fraction of sp³-hybridized carbons (Fsp3) is 0.250. The molecule has 1 aliphatic heterocycles. The molecule has 0 saturated carbocycles. The second-order valence-electron chi connectivity index (χ2n) is 4.39. The van der Waals surface area contributed by atoms with E-state index in [2.05, 4.69) is 14.9 Å². The summed E-state index contributed by atoms with van der Waals surface area (Å²) in [6, 6.07) is 4.83. The SMILES string of the molecule is NCc1cn[nH]c1S(=O)(=O)Nc1ccc2c(c1)OCCO2. The molecule has 112 valence electrons. The minimum Gasteiger partial charge on any atom is -0.486 e. The predicted octanol–water partition coefficient (Wildman–Crippen LogP) is 0.440. The highest BCUT2D eigenvalue weighted by Crippen LogP contribution is 2.33. The van der Waals surface area contributed by atoms with Crippen LogP contribution in [0.15, 0.2) is 29.4 Å². The lowest BCUT2D eigenvalue weighted by atomic mass is 10.3. The molecule has 0 unspecified atom stereocenters. The number of ether oxygens (including phenoxy) is 2. The number of nitrogens with one attached hydrogen (secondary N) is 2. The first-order valence-corrected chi connectivity index (χ1v) is 7.73. The highest BCUT2D eigenvalue weighted by molar-refractivity contribution is 7.92. The third-order valence-electron chi connectivity index (χ3n) is 2.96. The van der Waals surface area contributed by atoms with Gasteiger partial charge in [-0.25, -0.2) is 0 Å². The molecule has 0 spiro atoms.